The number of carbonyl (C=O) groups is 2. The second kappa shape index (κ2) is 3.83. The fraction of sp³-hybridized carbons (Fsp3) is 0.600. The summed E-state index contributed by atoms with van der Waals surface area (Å²) in [6.07, 6.45) is 1.43. The molecule has 7 heteroatoms. The molecular weight excluding hydrogens is 222 g/mol. The number of rotatable bonds is 2. The first-order valence-electron chi connectivity index (χ1n) is 5.33. The van der Waals surface area contributed by atoms with Crippen LogP contribution in [0.4, 0.5) is 0 Å². The van der Waals surface area contributed by atoms with Gasteiger partial charge < -0.3 is 10.2 Å². The van der Waals surface area contributed by atoms with Crippen LogP contribution in [0.2, 0.25) is 0 Å². The Hall–Kier alpha value is -1.92. The fourth-order valence-corrected chi connectivity index (χ4v) is 1.84. The average molecular weight is 237 g/mol. The van der Waals surface area contributed by atoms with Gasteiger partial charge in [0.15, 0.2) is 0 Å². The Morgan fingerprint density at radius 2 is 2.18 bits per heavy atom. The number of nitrogens with one attached hydrogen (secondary N) is 1. The van der Waals surface area contributed by atoms with Crippen LogP contribution in [0, 0.1) is 0 Å². The van der Waals surface area contributed by atoms with Crippen LogP contribution >= 0.6 is 0 Å². The van der Waals surface area contributed by atoms with E-state index in [1.165, 1.54) is 11.2 Å². The van der Waals surface area contributed by atoms with E-state index in [0.29, 0.717) is 12.4 Å². The van der Waals surface area contributed by atoms with Gasteiger partial charge in [-0.3, -0.25) is 14.3 Å². The Morgan fingerprint density at radius 3 is 2.76 bits per heavy atom. The molecular formula is C10H15N5O2. The van der Waals surface area contributed by atoms with Crippen LogP contribution in [0.3, 0.4) is 0 Å². The van der Waals surface area contributed by atoms with Gasteiger partial charge in [-0.25, -0.2) is 4.98 Å². The molecule has 1 aromatic rings. The third-order valence-electron chi connectivity index (χ3n) is 2.75. The minimum atomic E-state index is -0.853. The lowest BCUT2D eigenvalue weighted by Gasteiger charge is -2.37. The van der Waals surface area contributed by atoms with Crippen LogP contribution in [0.1, 0.15) is 19.7 Å². The number of amides is 2. The molecule has 2 amide bonds. The van der Waals surface area contributed by atoms with Crippen molar-refractivity contribution >= 4 is 11.8 Å². The molecule has 1 N–H and O–H groups in total. The minimum Gasteiger partial charge on any atom is -0.341 e. The van der Waals surface area contributed by atoms with Gasteiger partial charge >= 0.3 is 0 Å². The Kier molecular flexibility index (Phi) is 2.60. The van der Waals surface area contributed by atoms with Crippen molar-refractivity contribution in [1.29, 1.82) is 0 Å². The maximum Gasteiger partial charge on any atom is 0.248 e. The zero-order valence-corrected chi connectivity index (χ0v) is 10.1. The van der Waals surface area contributed by atoms with Gasteiger partial charge in [0.05, 0.1) is 6.54 Å². The molecule has 0 saturated carbocycles. The molecule has 0 radical (unpaired) electrons. The maximum atomic E-state index is 12.1. The average Bonchev–Trinajstić information content (AvgIpc) is 2.59. The van der Waals surface area contributed by atoms with Gasteiger partial charge in [-0.2, -0.15) is 5.10 Å². The van der Waals surface area contributed by atoms with Crippen molar-refractivity contribution < 1.29 is 9.59 Å². The van der Waals surface area contributed by atoms with E-state index in [-0.39, 0.29) is 18.4 Å². The van der Waals surface area contributed by atoms with E-state index in [4.69, 9.17) is 0 Å². The Morgan fingerprint density at radius 1 is 1.47 bits per heavy atom. The highest BCUT2D eigenvalue weighted by Gasteiger charge is 2.39. The van der Waals surface area contributed by atoms with Crippen LogP contribution in [-0.2, 0) is 23.2 Å². The molecule has 0 spiro atoms. The predicted octanol–water partition coefficient (Wildman–Crippen LogP) is -0.948. The van der Waals surface area contributed by atoms with E-state index in [1.807, 2.05) is 0 Å². The first-order valence-corrected chi connectivity index (χ1v) is 5.33. The van der Waals surface area contributed by atoms with Crippen LogP contribution in [0.5, 0.6) is 0 Å². The molecule has 17 heavy (non-hydrogen) atoms. The molecule has 1 fully saturated rings. The molecule has 2 heterocycles. The first kappa shape index (κ1) is 11.6. The monoisotopic (exact) mass is 237 g/mol. The van der Waals surface area contributed by atoms with Crippen LogP contribution in [0.15, 0.2) is 6.33 Å². The lowest BCUT2D eigenvalue weighted by Crippen LogP contribution is -2.63. The summed E-state index contributed by atoms with van der Waals surface area (Å²) in [6.45, 7) is 3.74. The lowest BCUT2D eigenvalue weighted by molar-refractivity contribution is -0.149. The second-order valence-corrected chi connectivity index (χ2v) is 4.63. The summed E-state index contributed by atoms with van der Waals surface area (Å²) in [5.41, 5.74) is -0.853. The number of hydrogen-bond acceptors (Lipinski definition) is 4. The minimum absolute atomic E-state index is 0.0646. The van der Waals surface area contributed by atoms with Crippen LogP contribution in [0.25, 0.3) is 0 Å². The summed E-state index contributed by atoms with van der Waals surface area (Å²) in [5.74, 6) is 0.390. The van der Waals surface area contributed by atoms with Crippen molar-refractivity contribution in [3.05, 3.63) is 12.2 Å². The van der Waals surface area contributed by atoms with Gasteiger partial charge in [0, 0.05) is 7.05 Å². The van der Waals surface area contributed by atoms with E-state index in [1.54, 1.807) is 25.6 Å². The van der Waals surface area contributed by atoms with E-state index in [2.05, 4.69) is 15.4 Å². The smallest absolute Gasteiger partial charge is 0.248 e. The molecule has 0 aromatic carbocycles. The van der Waals surface area contributed by atoms with Gasteiger partial charge in [-0.05, 0) is 13.8 Å². The number of hydrogen-bond donors (Lipinski definition) is 1. The Bertz CT molecular complexity index is 465. The summed E-state index contributed by atoms with van der Waals surface area (Å²) in [5, 5.41) is 6.59. The normalized spacial score (nSPS) is 19.4. The van der Waals surface area contributed by atoms with Crippen molar-refractivity contribution in [2.24, 2.45) is 7.05 Å². The van der Waals surface area contributed by atoms with Gasteiger partial charge in [0.25, 0.3) is 0 Å². The van der Waals surface area contributed by atoms with Crippen LogP contribution < -0.4 is 5.32 Å². The summed E-state index contributed by atoms with van der Waals surface area (Å²) in [4.78, 5) is 29.1. The molecule has 1 aromatic heterocycles. The fourth-order valence-electron chi connectivity index (χ4n) is 1.84. The SMILES string of the molecule is Cn1ncnc1CN1CC(=O)NC(C)(C)C1=O. The largest absolute Gasteiger partial charge is 0.341 e. The van der Waals surface area contributed by atoms with Crippen molar-refractivity contribution in [2.45, 2.75) is 25.9 Å². The number of aryl methyl sites for hydroxylation is 1. The van der Waals surface area contributed by atoms with Crippen molar-refractivity contribution in [3.8, 4) is 0 Å². The standard InChI is InChI=1S/C10H15N5O2/c1-10(2)9(17)15(5-8(16)13-10)4-7-11-6-12-14(7)3/h6H,4-5H2,1-3H3,(H,13,16). The van der Waals surface area contributed by atoms with Crippen molar-refractivity contribution in [1.82, 2.24) is 25.0 Å². The third-order valence-corrected chi connectivity index (χ3v) is 2.75. The molecule has 0 atom stereocenters. The van der Waals surface area contributed by atoms with E-state index in [0.717, 1.165) is 0 Å². The quantitative estimate of drug-likeness (QED) is 0.719. The van der Waals surface area contributed by atoms with Gasteiger partial charge in [0.2, 0.25) is 11.8 Å². The third kappa shape index (κ3) is 2.13. The van der Waals surface area contributed by atoms with E-state index < -0.39 is 5.54 Å². The lowest BCUT2D eigenvalue weighted by atomic mass is 10.0. The molecule has 2 rings (SSSR count). The number of aromatic nitrogens is 3. The molecule has 1 aliphatic rings. The number of piperazine rings is 1. The predicted molar refractivity (Wildman–Crippen MR) is 58.6 cm³/mol. The topological polar surface area (TPSA) is 80.1 Å². The second-order valence-electron chi connectivity index (χ2n) is 4.63. The van der Waals surface area contributed by atoms with E-state index in [9.17, 15) is 9.59 Å². The summed E-state index contributed by atoms with van der Waals surface area (Å²) >= 11 is 0. The molecule has 92 valence electrons. The van der Waals surface area contributed by atoms with E-state index >= 15 is 0 Å². The molecule has 0 aliphatic carbocycles. The van der Waals surface area contributed by atoms with Crippen molar-refractivity contribution in [2.75, 3.05) is 6.54 Å². The summed E-state index contributed by atoms with van der Waals surface area (Å²) in [7, 11) is 1.75. The Labute approximate surface area is 98.8 Å². The van der Waals surface area contributed by atoms with Gasteiger partial charge in [-0.1, -0.05) is 0 Å². The molecule has 1 saturated heterocycles. The molecule has 0 bridgehead atoms. The summed E-state index contributed by atoms with van der Waals surface area (Å²) in [6, 6.07) is 0. The van der Waals surface area contributed by atoms with Gasteiger partial charge in [0.1, 0.15) is 24.2 Å². The highest BCUT2D eigenvalue weighted by molar-refractivity contribution is 5.97. The number of carbonyl (C=O) groups excluding carboxylic acids is 2. The molecule has 0 unspecified atom stereocenters. The van der Waals surface area contributed by atoms with Crippen molar-refractivity contribution in [3.63, 3.8) is 0 Å². The zero-order chi connectivity index (χ0) is 12.6. The summed E-state index contributed by atoms with van der Waals surface area (Å²) < 4.78 is 1.59. The highest BCUT2D eigenvalue weighted by Crippen LogP contribution is 2.14. The number of nitrogens with zero attached hydrogens (tertiary/aromatic N) is 4. The highest BCUT2D eigenvalue weighted by atomic mass is 16.2. The Balaban J connectivity index is 2.18. The first-order chi connectivity index (χ1) is 7.90. The van der Waals surface area contributed by atoms with Gasteiger partial charge in [-0.15, -0.1) is 0 Å². The zero-order valence-electron chi connectivity index (χ0n) is 10.1. The molecule has 7 nitrogen and oxygen atoms in total. The molecule has 1 aliphatic heterocycles. The maximum absolute atomic E-state index is 12.1. The van der Waals surface area contributed by atoms with Crippen LogP contribution in [-0.4, -0.2) is 43.6 Å².